The molecule has 1 N–H and O–H groups in total. The van der Waals surface area contributed by atoms with Gasteiger partial charge in [0.05, 0.1) is 5.75 Å². The molecule has 148 valence electrons. The quantitative estimate of drug-likeness (QED) is 0.537. The summed E-state index contributed by atoms with van der Waals surface area (Å²) in [5, 5.41) is 2.86. The lowest BCUT2D eigenvalue weighted by molar-refractivity contribution is -0.118. The van der Waals surface area contributed by atoms with E-state index in [0.29, 0.717) is 17.0 Å². The molecule has 1 saturated heterocycles. The molecular formula is C22H25FN2O2S. The minimum Gasteiger partial charge on any atom is -0.351 e. The third kappa shape index (κ3) is 5.91. The summed E-state index contributed by atoms with van der Waals surface area (Å²) in [5.41, 5.74) is 2.66. The highest BCUT2D eigenvalue weighted by Crippen LogP contribution is 2.22. The van der Waals surface area contributed by atoms with Crippen molar-refractivity contribution in [1.82, 2.24) is 10.2 Å². The smallest absolute Gasteiger partial charge is 0.230 e. The molecule has 2 aromatic rings. The summed E-state index contributed by atoms with van der Waals surface area (Å²) in [4.78, 5) is 26.1. The average molecular weight is 401 g/mol. The van der Waals surface area contributed by atoms with Crippen LogP contribution in [0.15, 0.2) is 47.4 Å². The second-order valence-corrected chi connectivity index (χ2v) is 8.08. The van der Waals surface area contributed by atoms with E-state index in [9.17, 15) is 14.0 Å². The number of thioether (sulfide) groups is 1. The van der Waals surface area contributed by atoms with Crippen LogP contribution in [-0.2, 0) is 17.9 Å². The Morgan fingerprint density at radius 2 is 1.75 bits per heavy atom. The summed E-state index contributed by atoms with van der Waals surface area (Å²) < 4.78 is 14.0. The van der Waals surface area contributed by atoms with Crippen LogP contribution in [-0.4, -0.2) is 35.4 Å². The molecule has 0 atom stereocenters. The number of hydrogen-bond donors (Lipinski definition) is 1. The molecule has 3 rings (SSSR count). The molecule has 1 aliphatic heterocycles. The van der Waals surface area contributed by atoms with Crippen molar-refractivity contribution in [2.75, 3.05) is 18.8 Å². The Hall–Kier alpha value is -2.18. The molecule has 1 heterocycles. The maximum Gasteiger partial charge on any atom is 0.230 e. The van der Waals surface area contributed by atoms with Crippen LogP contribution in [0.3, 0.4) is 0 Å². The Bertz CT molecular complexity index is 833. The Kier molecular flexibility index (Phi) is 7.23. The van der Waals surface area contributed by atoms with Gasteiger partial charge < -0.3 is 5.32 Å². The van der Waals surface area contributed by atoms with E-state index in [1.54, 1.807) is 12.1 Å². The highest BCUT2D eigenvalue weighted by molar-refractivity contribution is 8.00. The summed E-state index contributed by atoms with van der Waals surface area (Å²) in [6.45, 7) is 5.18. The molecule has 4 nitrogen and oxygen atoms in total. The lowest BCUT2D eigenvalue weighted by Gasteiger charge is -2.14. The van der Waals surface area contributed by atoms with E-state index in [-0.39, 0.29) is 17.4 Å². The molecule has 0 spiro atoms. The van der Waals surface area contributed by atoms with Crippen LogP contribution in [0.2, 0.25) is 0 Å². The second kappa shape index (κ2) is 9.85. The van der Waals surface area contributed by atoms with Crippen LogP contribution >= 0.6 is 11.8 Å². The first-order chi connectivity index (χ1) is 13.5. The first kappa shape index (κ1) is 20.6. The standard InChI is InChI=1S/C22H25FN2O2S/c1-16(26)19-8-9-21(20(23)12-19)28-15-22(27)24-13-17-4-6-18(7-5-17)14-25-10-2-3-11-25/h4-9,12H,2-3,10-11,13-15H2,1H3,(H,24,27). The normalized spacial score (nSPS) is 14.2. The number of nitrogens with zero attached hydrogens (tertiary/aromatic N) is 1. The zero-order valence-electron chi connectivity index (χ0n) is 16.0. The lowest BCUT2D eigenvalue weighted by atomic mass is 10.1. The van der Waals surface area contributed by atoms with E-state index in [0.717, 1.165) is 23.9 Å². The molecule has 0 aromatic heterocycles. The van der Waals surface area contributed by atoms with E-state index < -0.39 is 5.82 Å². The van der Waals surface area contributed by atoms with E-state index >= 15 is 0 Å². The van der Waals surface area contributed by atoms with Crippen molar-refractivity contribution >= 4 is 23.5 Å². The van der Waals surface area contributed by atoms with Crippen LogP contribution in [0, 0.1) is 5.82 Å². The Morgan fingerprint density at radius 1 is 1.07 bits per heavy atom. The van der Waals surface area contributed by atoms with Crippen molar-refractivity contribution in [1.29, 1.82) is 0 Å². The lowest BCUT2D eigenvalue weighted by Crippen LogP contribution is -2.24. The fraction of sp³-hybridized carbons (Fsp3) is 0.364. The first-order valence-corrected chi connectivity index (χ1v) is 10.5. The molecule has 1 amide bonds. The van der Waals surface area contributed by atoms with E-state index in [1.807, 2.05) is 12.1 Å². The fourth-order valence-corrected chi connectivity index (χ4v) is 3.94. The molecule has 0 radical (unpaired) electrons. The van der Waals surface area contributed by atoms with Crippen LogP contribution in [0.25, 0.3) is 0 Å². The van der Waals surface area contributed by atoms with Gasteiger partial charge in [-0.3, -0.25) is 14.5 Å². The van der Waals surface area contributed by atoms with Crippen molar-refractivity contribution in [2.24, 2.45) is 0 Å². The van der Waals surface area contributed by atoms with Crippen molar-refractivity contribution in [3.63, 3.8) is 0 Å². The third-order valence-corrected chi connectivity index (χ3v) is 5.86. The van der Waals surface area contributed by atoms with Gasteiger partial charge in [-0.05, 0) is 56.1 Å². The number of carbonyl (C=O) groups excluding carboxylic acids is 2. The predicted molar refractivity (Wildman–Crippen MR) is 110 cm³/mol. The third-order valence-electron chi connectivity index (χ3n) is 4.81. The molecule has 0 aliphatic carbocycles. The van der Waals surface area contributed by atoms with Gasteiger partial charge in [-0.15, -0.1) is 11.8 Å². The number of hydrogen-bond acceptors (Lipinski definition) is 4. The van der Waals surface area contributed by atoms with Gasteiger partial charge in [-0.25, -0.2) is 4.39 Å². The van der Waals surface area contributed by atoms with Crippen LogP contribution < -0.4 is 5.32 Å². The number of carbonyl (C=O) groups is 2. The minimum atomic E-state index is -0.473. The number of benzene rings is 2. The Labute approximate surface area is 169 Å². The van der Waals surface area contributed by atoms with Gasteiger partial charge in [0.2, 0.25) is 5.91 Å². The molecule has 2 aromatic carbocycles. The summed E-state index contributed by atoms with van der Waals surface area (Å²) in [6, 6.07) is 12.6. The van der Waals surface area contributed by atoms with Crippen LogP contribution in [0.5, 0.6) is 0 Å². The van der Waals surface area contributed by atoms with Gasteiger partial charge in [-0.2, -0.15) is 0 Å². The molecule has 0 saturated carbocycles. The topological polar surface area (TPSA) is 49.4 Å². The highest BCUT2D eigenvalue weighted by atomic mass is 32.2. The number of rotatable bonds is 8. The summed E-state index contributed by atoms with van der Waals surface area (Å²) in [7, 11) is 0. The number of likely N-dealkylation sites (tertiary alicyclic amines) is 1. The van der Waals surface area contributed by atoms with Gasteiger partial charge in [-0.1, -0.05) is 30.3 Å². The van der Waals surface area contributed by atoms with Gasteiger partial charge in [0.1, 0.15) is 5.82 Å². The van der Waals surface area contributed by atoms with Gasteiger partial charge in [0.25, 0.3) is 0 Å². The predicted octanol–water partition coefficient (Wildman–Crippen LogP) is 4.03. The number of nitrogens with one attached hydrogen (secondary N) is 1. The molecule has 1 aliphatic rings. The van der Waals surface area contributed by atoms with Crippen molar-refractivity contribution in [3.8, 4) is 0 Å². The van der Waals surface area contributed by atoms with E-state index in [2.05, 4.69) is 22.3 Å². The number of amides is 1. The summed E-state index contributed by atoms with van der Waals surface area (Å²) >= 11 is 1.13. The van der Waals surface area contributed by atoms with Crippen molar-refractivity contribution in [2.45, 2.75) is 37.8 Å². The molecule has 0 unspecified atom stereocenters. The molecule has 28 heavy (non-hydrogen) atoms. The Balaban J connectivity index is 1.43. The van der Waals surface area contributed by atoms with Gasteiger partial charge in [0, 0.05) is 23.5 Å². The van der Waals surface area contributed by atoms with Crippen molar-refractivity contribution in [3.05, 3.63) is 65.0 Å². The van der Waals surface area contributed by atoms with E-state index in [1.165, 1.54) is 44.5 Å². The monoisotopic (exact) mass is 400 g/mol. The number of Topliss-reactive ketones (excluding diaryl/α,β-unsaturated/α-hetero) is 1. The summed E-state index contributed by atoms with van der Waals surface area (Å²) in [6.07, 6.45) is 2.57. The van der Waals surface area contributed by atoms with Crippen LogP contribution in [0.1, 0.15) is 41.3 Å². The average Bonchev–Trinajstić information content (AvgIpc) is 3.19. The Morgan fingerprint density at radius 3 is 2.39 bits per heavy atom. The fourth-order valence-electron chi connectivity index (χ4n) is 3.19. The van der Waals surface area contributed by atoms with E-state index in [4.69, 9.17) is 0 Å². The van der Waals surface area contributed by atoms with Gasteiger partial charge in [0.15, 0.2) is 5.78 Å². The molecule has 1 fully saturated rings. The highest BCUT2D eigenvalue weighted by Gasteiger charge is 2.12. The van der Waals surface area contributed by atoms with Crippen LogP contribution in [0.4, 0.5) is 4.39 Å². The zero-order chi connectivity index (χ0) is 19.9. The summed E-state index contributed by atoms with van der Waals surface area (Å²) in [5.74, 6) is -0.677. The number of halogens is 1. The molecular weight excluding hydrogens is 375 g/mol. The van der Waals surface area contributed by atoms with Crippen molar-refractivity contribution < 1.29 is 14.0 Å². The molecule has 6 heteroatoms. The number of ketones is 1. The minimum absolute atomic E-state index is 0.128. The molecule has 0 bridgehead atoms. The second-order valence-electron chi connectivity index (χ2n) is 7.07. The first-order valence-electron chi connectivity index (χ1n) is 9.51. The van der Waals surface area contributed by atoms with Gasteiger partial charge >= 0.3 is 0 Å². The largest absolute Gasteiger partial charge is 0.351 e. The maximum absolute atomic E-state index is 14.0. The zero-order valence-corrected chi connectivity index (χ0v) is 16.9. The maximum atomic E-state index is 14.0. The SMILES string of the molecule is CC(=O)c1ccc(SCC(=O)NCc2ccc(CN3CCCC3)cc2)c(F)c1.